The lowest BCUT2D eigenvalue weighted by atomic mass is 10.1. The monoisotopic (exact) mass is 448 g/mol. The number of thiophene rings is 1. The van der Waals surface area contributed by atoms with Gasteiger partial charge in [-0.25, -0.2) is 0 Å². The lowest BCUT2D eigenvalue weighted by Gasteiger charge is -2.14. The van der Waals surface area contributed by atoms with Crippen LogP contribution in [0.3, 0.4) is 0 Å². The summed E-state index contributed by atoms with van der Waals surface area (Å²) < 4.78 is 2.16. The summed E-state index contributed by atoms with van der Waals surface area (Å²) in [6.07, 6.45) is 1.62. The van der Waals surface area contributed by atoms with Gasteiger partial charge in [0.25, 0.3) is 0 Å². The van der Waals surface area contributed by atoms with Crippen molar-refractivity contribution in [3.63, 3.8) is 0 Å². The SMILES string of the molecule is CC(Sc1nnc(Cc2cccs2)n1CCc1ccccc1)C(=O)Nc1ccccc1. The summed E-state index contributed by atoms with van der Waals surface area (Å²) in [4.78, 5) is 13.9. The Balaban J connectivity index is 1.50. The number of anilines is 1. The molecule has 31 heavy (non-hydrogen) atoms. The fraction of sp³-hybridized carbons (Fsp3) is 0.208. The van der Waals surface area contributed by atoms with E-state index in [1.54, 1.807) is 11.3 Å². The zero-order valence-corrected chi connectivity index (χ0v) is 18.9. The lowest BCUT2D eigenvalue weighted by molar-refractivity contribution is -0.115. The first kappa shape index (κ1) is 21.3. The van der Waals surface area contributed by atoms with Gasteiger partial charge in [0.2, 0.25) is 5.91 Å². The van der Waals surface area contributed by atoms with Crippen molar-refractivity contribution in [1.82, 2.24) is 14.8 Å². The Hall–Kier alpha value is -2.90. The maximum Gasteiger partial charge on any atom is 0.237 e. The fourth-order valence-electron chi connectivity index (χ4n) is 3.19. The molecule has 1 unspecified atom stereocenters. The molecule has 158 valence electrons. The molecule has 4 rings (SSSR count). The molecule has 1 N–H and O–H groups in total. The summed E-state index contributed by atoms with van der Waals surface area (Å²) in [6.45, 7) is 2.67. The molecule has 0 saturated heterocycles. The zero-order chi connectivity index (χ0) is 21.5. The number of nitrogens with zero attached hydrogens (tertiary/aromatic N) is 3. The summed E-state index contributed by atoms with van der Waals surface area (Å²) in [5, 5.41) is 14.4. The summed E-state index contributed by atoms with van der Waals surface area (Å²) >= 11 is 3.17. The normalized spacial score (nSPS) is 11.9. The smallest absolute Gasteiger partial charge is 0.237 e. The molecule has 1 amide bonds. The predicted octanol–water partition coefficient (Wildman–Crippen LogP) is 5.29. The number of amides is 1. The molecule has 7 heteroatoms. The first-order chi connectivity index (χ1) is 15.2. The molecule has 0 aliphatic heterocycles. The Bertz CT molecular complexity index is 1100. The van der Waals surface area contributed by atoms with Crippen molar-refractivity contribution in [2.24, 2.45) is 0 Å². The topological polar surface area (TPSA) is 59.8 Å². The van der Waals surface area contributed by atoms with Gasteiger partial charge in [-0.15, -0.1) is 21.5 Å². The van der Waals surface area contributed by atoms with Gasteiger partial charge in [0, 0.05) is 23.5 Å². The molecule has 0 fully saturated rings. The highest BCUT2D eigenvalue weighted by Crippen LogP contribution is 2.25. The fourth-order valence-corrected chi connectivity index (χ4v) is 4.79. The van der Waals surface area contributed by atoms with E-state index in [4.69, 9.17) is 0 Å². The van der Waals surface area contributed by atoms with Crippen molar-refractivity contribution in [1.29, 1.82) is 0 Å². The van der Waals surface area contributed by atoms with E-state index in [1.165, 1.54) is 22.2 Å². The van der Waals surface area contributed by atoms with Gasteiger partial charge in [-0.05, 0) is 42.5 Å². The molecular weight excluding hydrogens is 424 g/mol. The van der Waals surface area contributed by atoms with E-state index in [0.717, 1.165) is 36.1 Å². The van der Waals surface area contributed by atoms with Crippen LogP contribution >= 0.6 is 23.1 Å². The lowest BCUT2D eigenvalue weighted by Crippen LogP contribution is -2.23. The zero-order valence-electron chi connectivity index (χ0n) is 17.3. The molecule has 0 bridgehead atoms. The van der Waals surface area contributed by atoms with Crippen molar-refractivity contribution >= 4 is 34.7 Å². The Morgan fingerprint density at radius 2 is 1.77 bits per heavy atom. The second-order valence-corrected chi connectivity index (χ2v) is 9.50. The van der Waals surface area contributed by atoms with Gasteiger partial charge in [-0.3, -0.25) is 4.79 Å². The Morgan fingerprint density at radius 3 is 2.48 bits per heavy atom. The number of rotatable bonds is 9. The number of carbonyl (C=O) groups is 1. The van der Waals surface area contributed by atoms with Crippen LogP contribution < -0.4 is 5.32 Å². The molecule has 0 aliphatic carbocycles. The number of aryl methyl sites for hydroxylation is 1. The van der Waals surface area contributed by atoms with Crippen LogP contribution in [-0.2, 0) is 24.2 Å². The van der Waals surface area contributed by atoms with E-state index >= 15 is 0 Å². The number of hydrogen-bond acceptors (Lipinski definition) is 5. The second kappa shape index (κ2) is 10.4. The van der Waals surface area contributed by atoms with Crippen LogP contribution in [0.1, 0.15) is 23.2 Å². The number of hydrogen-bond donors (Lipinski definition) is 1. The number of para-hydroxylation sites is 1. The number of aromatic nitrogens is 3. The van der Waals surface area contributed by atoms with Crippen molar-refractivity contribution in [3.05, 3.63) is 94.4 Å². The summed E-state index contributed by atoms with van der Waals surface area (Å²) in [5.41, 5.74) is 2.06. The molecule has 1 atom stereocenters. The van der Waals surface area contributed by atoms with E-state index in [9.17, 15) is 4.79 Å². The molecular formula is C24H24N4OS2. The van der Waals surface area contributed by atoms with Gasteiger partial charge in [-0.2, -0.15) is 0 Å². The Morgan fingerprint density at radius 1 is 1.03 bits per heavy atom. The maximum absolute atomic E-state index is 12.7. The molecule has 0 aliphatic rings. The molecule has 4 aromatic rings. The van der Waals surface area contributed by atoms with E-state index in [0.29, 0.717) is 0 Å². The average molecular weight is 449 g/mol. The summed E-state index contributed by atoms with van der Waals surface area (Å²) in [6, 6.07) is 24.1. The van der Waals surface area contributed by atoms with E-state index < -0.39 is 0 Å². The maximum atomic E-state index is 12.7. The number of benzene rings is 2. The summed E-state index contributed by atoms with van der Waals surface area (Å²) in [7, 11) is 0. The largest absolute Gasteiger partial charge is 0.325 e. The average Bonchev–Trinajstić information content (AvgIpc) is 3.44. The first-order valence-electron chi connectivity index (χ1n) is 10.2. The molecule has 2 heterocycles. The molecule has 0 saturated carbocycles. The van der Waals surface area contributed by atoms with E-state index in [2.05, 4.69) is 61.9 Å². The number of thioether (sulfide) groups is 1. The molecule has 2 aromatic heterocycles. The van der Waals surface area contributed by atoms with Crippen LogP contribution in [0.5, 0.6) is 0 Å². The quantitative estimate of drug-likeness (QED) is 0.353. The van der Waals surface area contributed by atoms with Gasteiger partial charge >= 0.3 is 0 Å². The Labute approximate surface area is 190 Å². The predicted molar refractivity (Wildman–Crippen MR) is 128 cm³/mol. The van der Waals surface area contributed by atoms with Crippen molar-refractivity contribution in [2.75, 3.05) is 5.32 Å². The minimum atomic E-state index is -0.297. The van der Waals surface area contributed by atoms with Crippen LogP contribution in [0.15, 0.2) is 83.3 Å². The van der Waals surface area contributed by atoms with E-state index in [1.807, 2.05) is 43.3 Å². The third kappa shape index (κ3) is 5.83. The van der Waals surface area contributed by atoms with Crippen LogP contribution in [-0.4, -0.2) is 25.9 Å². The second-order valence-electron chi connectivity index (χ2n) is 7.16. The van der Waals surface area contributed by atoms with Crippen LogP contribution in [0.25, 0.3) is 0 Å². The van der Waals surface area contributed by atoms with Gasteiger partial charge in [0.05, 0.1) is 5.25 Å². The highest BCUT2D eigenvalue weighted by Gasteiger charge is 2.20. The third-order valence-corrected chi connectivity index (χ3v) is 6.82. The highest BCUT2D eigenvalue weighted by atomic mass is 32.2. The standard InChI is InChI=1S/C24H24N4OS2/c1-18(23(29)25-20-11-6-3-7-12-20)31-24-27-26-22(17-21-13-8-16-30-21)28(24)15-14-19-9-4-2-5-10-19/h2-13,16,18H,14-15,17H2,1H3,(H,25,29). The van der Waals surface area contributed by atoms with Gasteiger partial charge < -0.3 is 9.88 Å². The molecule has 0 radical (unpaired) electrons. The molecule has 5 nitrogen and oxygen atoms in total. The Kier molecular flexibility index (Phi) is 7.17. The van der Waals surface area contributed by atoms with Crippen molar-refractivity contribution in [3.8, 4) is 0 Å². The van der Waals surface area contributed by atoms with E-state index in [-0.39, 0.29) is 11.2 Å². The highest BCUT2D eigenvalue weighted by molar-refractivity contribution is 8.00. The minimum Gasteiger partial charge on any atom is -0.325 e. The van der Waals surface area contributed by atoms with Crippen molar-refractivity contribution in [2.45, 2.75) is 36.7 Å². The van der Waals surface area contributed by atoms with Crippen LogP contribution in [0.2, 0.25) is 0 Å². The summed E-state index contributed by atoms with van der Waals surface area (Å²) in [5.74, 6) is 0.880. The number of nitrogens with one attached hydrogen (secondary N) is 1. The minimum absolute atomic E-state index is 0.0476. The number of carbonyl (C=O) groups excluding carboxylic acids is 1. The van der Waals surface area contributed by atoms with Gasteiger partial charge in [0.15, 0.2) is 5.16 Å². The van der Waals surface area contributed by atoms with Crippen LogP contribution in [0, 0.1) is 0 Å². The van der Waals surface area contributed by atoms with Gasteiger partial charge in [0.1, 0.15) is 5.82 Å². The van der Waals surface area contributed by atoms with Gasteiger partial charge in [-0.1, -0.05) is 66.4 Å². The van der Waals surface area contributed by atoms with Crippen molar-refractivity contribution < 1.29 is 4.79 Å². The third-order valence-electron chi connectivity index (χ3n) is 4.87. The first-order valence-corrected chi connectivity index (χ1v) is 12.0. The van der Waals surface area contributed by atoms with Crippen LogP contribution in [0.4, 0.5) is 5.69 Å². The molecule has 0 spiro atoms. The molecule has 2 aromatic carbocycles.